The molecule has 7 heteroatoms. The maximum atomic E-state index is 10.9. The van der Waals surface area contributed by atoms with Crippen molar-refractivity contribution in [1.82, 2.24) is 4.98 Å². The number of nitrogens with zero attached hydrogens (tertiary/aromatic N) is 2. The first kappa shape index (κ1) is 14.2. The van der Waals surface area contributed by atoms with Crippen LogP contribution in [0.3, 0.4) is 0 Å². The molecule has 3 unspecified atom stereocenters. The SMILES string of the molecule is CCCOC1C(Br)CC1Oc1cccnc1[N+](=O)[O-]. The van der Waals surface area contributed by atoms with E-state index in [9.17, 15) is 10.1 Å². The molecule has 0 aliphatic heterocycles. The molecule has 2 rings (SSSR count). The highest BCUT2D eigenvalue weighted by Crippen LogP contribution is 2.36. The lowest BCUT2D eigenvalue weighted by molar-refractivity contribution is -0.390. The van der Waals surface area contributed by atoms with Crippen LogP contribution in [-0.4, -0.2) is 33.5 Å². The van der Waals surface area contributed by atoms with E-state index in [1.807, 2.05) is 6.92 Å². The summed E-state index contributed by atoms with van der Waals surface area (Å²) < 4.78 is 11.3. The van der Waals surface area contributed by atoms with Crippen LogP contribution in [0.4, 0.5) is 5.82 Å². The Labute approximate surface area is 119 Å². The maximum absolute atomic E-state index is 10.9. The molecule has 1 aliphatic rings. The summed E-state index contributed by atoms with van der Waals surface area (Å²) in [5.41, 5.74) is 0. The van der Waals surface area contributed by atoms with E-state index >= 15 is 0 Å². The molecule has 1 aromatic rings. The zero-order chi connectivity index (χ0) is 13.8. The van der Waals surface area contributed by atoms with Crippen LogP contribution >= 0.6 is 15.9 Å². The molecule has 104 valence electrons. The van der Waals surface area contributed by atoms with Crippen molar-refractivity contribution < 1.29 is 14.4 Å². The minimum absolute atomic E-state index is 0.0697. The number of pyridine rings is 1. The highest BCUT2D eigenvalue weighted by Gasteiger charge is 2.43. The molecule has 0 spiro atoms. The second-order valence-electron chi connectivity index (χ2n) is 4.33. The predicted octanol–water partition coefficient (Wildman–Crippen LogP) is 2.70. The molecule has 19 heavy (non-hydrogen) atoms. The molecule has 3 atom stereocenters. The number of hydrogen-bond donors (Lipinski definition) is 0. The van der Waals surface area contributed by atoms with Crippen LogP contribution in [0.5, 0.6) is 5.75 Å². The average molecular weight is 331 g/mol. The Morgan fingerprint density at radius 1 is 1.63 bits per heavy atom. The molecule has 1 aliphatic carbocycles. The summed E-state index contributed by atoms with van der Waals surface area (Å²) in [4.78, 5) is 14.3. The number of ether oxygens (including phenoxy) is 2. The van der Waals surface area contributed by atoms with Crippen molar-refractivity contribution in [3.63, 3.8) is 0 Å². The minimum atomic E-state index is -0.540. The molecule has 1 aromatic heterocycles. The fraction of sp³-hybridized carbons (Fsp3) is 0.583. The molecule has 0 N–H and O–H groups in total. The van der Waals surface area contributed by atoms with E-state index < -0.39 is 4.92 Å². The summed E-state index contributed by atoms with van der Waals surface area (Å²) >= 11 is 3.50. The standard InChI is InChI=1S/C12H15BrN2O4/c1-2-6-18-11-8(13)7-10(11)19-9-4-3-5-14-12(9)15(16)17/h3-5,8,10-11H,2,6-7H2,1H3. The Hall–Kier alpha value is -1.21. The molecule has 0 saturated heterocycles. The highest BCUT2D eigenvalue weighted by molar-refractivity contribution is 9.09. The number of alkyl halides is 1. The largest absolute Gasteiger partial charge is 0.480 e. The zero-order valence-electron chi connectivity index (χ0n) is 10.5. The number of hydrogen-bond acceptors (Lipinski definition) is 5. The molecule has 0 bridgehead atoms. The van der Waals surface area contributed by atoms with Crippen molar-refractivity contribution in [3.05, 3.63) is 28.4 Å². The maximum Gasteiger partial charge on any atom is 0.406 e. The summed E-state index contributed by atoms with van der Waals surface area (Å²) in [5, 5.41) is 10.9. The van der Waals surface area contributed by atoms with Crippen LogP contribution in [0.1, 0.15) is 19.8 Å². The average Bonchev–Trinajstić information content (AvgIpc) is 2.39. The van der Waals surface area contributed by atoms with Gasteiger partial charge >= 0.3 is 5.82 Å². The fourth-order valence-electron chi connectivity index (χ4n) is 1.88. The van der Waals surface area contributed by atoms with E-state index in [-0.39, 0.29) is 28.6 Å². The zero-order valence-corrected chi connectivity index (χ0v) is 12.1. The van der Waals surface area contributed by atoms with Gasteiger partial charge in [0.1, 0.15) is 18.4 Å². The summed E-state index contributed by atoms with van der Waals surface area (Å²) in [5.74, 6) is -0.0586. The summed E-state index contributed by atoms with van der Waals surface area (Å²) in [6.45, 7) is 2.69. The van der Waals surface area contributed by atoms with Crippen LogP contribution < -0.4 is 4.74 Å². The van der Waals surface area contributed by atoms with Crippen molar-refractivity contribution in [2.75, 3.05) is 6.61 Å². The van der Waals surface area contributed by atoms with Gasteiger partial charge in [0.25, 0.3) is 0 Å². The van der Waals surface area contributed by atoms with Gasteiger partial charge in [0, 0.05) is 17.9 Å². The molecule has 1 saturated carbocycles. The summed E-state index contributed by atoms with van der Waals surface area (Å²) in [6, 6.07) is 3.18. The number of rotatable bonds is 6. The lowest BCUT2D eigenvalue weighted by atomic mass is 9.91. The van der Waals surface area contributed by atoms with E-state index in [1.165, 1.54) is 6.20 Å². The van der Waals surface area contributed by atoms with Crippen molar-refractivity contribution in [2.45, 2.75) is 36.8 Å². The molecule has 6 nitrogen and oxygen atoms in total. The Bertz CT molecular complexity index is 457. The van der Waals surface area contributed by atoms with Crippen LogP contribution in [0, 0.1) is 10.1 Å². The molecular formula is C12H15BrN2O4. The van der Waals surface area contributed by atoms with E-state index in [2.05, 4.69) is 20.9 Å². The van der Waals surface area contributed by atoms with Crippen LogP contribution in [0.15, 0.2) is 18.3 Å². The second kappa shape index (κ2) is 6.29. The summed E-state index contributed by atoms with van der Waals surface area (Å²) in [6.07, 6.45) is 2.83. The smallest absolute Gasteiger partial charge is 0.406 e. The lowest BCUT2D eigenvalue weighted by Crippen LogP contribution is -2.52. The normalized spacial score (nSPS) is 25.7. The van der Waals surface area contributed by atoms with E-state index in [1.54, 1.807) is 12.1 Å². The van der Waals surface area contributed by atoms with Gasteiger partial charge in [-0.1, -0.05) is 22.9 Å². The quantitative estimate of drug-likeness (QED) is 0.455. The Kier molecular flexibility index (Phi) is 4.71. The number of aromatic nitrogens is 1. The molecule has 0 amide bonds. The van der Waals surface area contributed by atoms with Crippen LogP contribution in [0.25, 0.3) is 0 Å². The van der Waals surface area contributed by atoms with Crippen molar-refractivity contribution in [1.29, 1.82) is 0 Å². The van der Waals surface area contributed by atoms with Crippen LogP contribution in [0.2, 0.25) is 0 Å². The van der Waals surface area contributed by atoms with Gasteiger partial charge < -0.3 is 19.6 Å². The van der Waals surface area contributed by atoms with E-state index in [0.717, 1.165) is 12.8 Å². The lowest BCUT2D eigenvalue weighted by Gasteiger charge is -2.40. The topological polar surface area (TPSA) is 74.5 Å². The van der Waals surface area contributed by atoms with Crippen molar-refractivity contribution in [3.8, 4) is 5.75 Å². The Morgan fingerprint density at radius 3 is 3.05 bits per heavy atom. The summed E-state index contributed by atoms with van der Waals surface area (Å²) in [7, 11) is 0. The third-order valence-corrected chi connectivity index (χ3v) is 3.79. The van der Waals surface area contributed by atoms with E-state index in [0.29, 0.717) is 6.61 Å². The number of halogens is 1. The van der Waals surface area contributed by atoms with Crippen molar-refractivity contribution >= 4 is 21.7 Å². The van der Waals surface area contributed by atoms with Gasteiger partial charge in [0.15, 0.2) is 0 Å². The molecular weight excluding hydrogens is 316 g/mol. The fourth-order valence-corrected chi connectivity index (χ4v) is 2.74. The first-order valence-corrected chi connectivity index (χ1v) is 7.06. The molecule has 0 aromatic carbocycles. The monoisotopic (exact) mass is 330 g/mol. The van der Waals surface area contributed by atoms with Gasteiger partial charge in [0.05, 0.1) is 0 Å². The second-order valence-corrected chi connectivity index (χ2v) is 5.50. The molecule has 1 heterocycles. The van der Waals surface area contributed by atoms with Gasteiger partial charge in [-0.05, 0) is 28.5 Å². The Balaban J connectivity index is 2.03. The first-order valence-electron chi connectivity index (χ1n) is 6.15. The van der Waals surface area contributed by atoms with Gasteiger partial charge in [-0.2, -0.15) is 0 Å². The minimum Gasteiger partial charge on any atom is -0.480 e. The first-order chi connectivity index (χ1) is 9.13. The molecule has 0 radical (unpaired) electrons. The number of nitro groups is 1. The third-order valence-electron chi connectivity index (χ3n) is 2.90. The third kappa shape index (κ3) is 3.22. The van der Waals surface area contributed by atoms with Gasteiger partial charge in [0.2, 0.25) is 5.75 Å². The van der Waals surface area contributed by atoms with Crippen LogP contribution in [-0.2, 0) is 4.74 Å². The van der Waals surface area contributed by atoms with Gasteiger partial charge in [-0.15, -0.1) is 0 Å². The van der Waals surface area contributed by atoms with E-state index in [4.69, 9.17) is 9.47 Å². The predicted molar refractivity (Wildman–Crippen MR) is 72.7 cm³/mol. The van der Waals surface area contributed by atoms with Gasteiger partial charge in [-0.3, -0.25) is 0 Å². The van der Waals surface area contributed by atoms with Crippen molar-refractivity contribution in [2.24, 2.45) is 0 Å². The Morgan fingerprint density at radius 2 is 2.42 bits per heavy atom. The highest BCUT2D eigenvalue weighted by atomic mass is 79.9. The molecule has 1 fully saturated rings. The van der Waals surface area contributed by atoms with Gasteiger partial charge in [-0.25, -0.2) is 0 Å².